The van der Waals surface area contributed by atoms with Crippen LogP contribution in [0.4, 0.5) is 35.2 Å². The van der Waals surface area contributed by atoms with Crippen LogP contribution in [0.1, 0.15) is 51.5 Å². The number of nitrogens with one attached hydrogen (secondary N) is 2. The average Bonchev–Trinajstić information content (AvgIpc) is 3.79. The van der Waals surface area contributed by atoms with Crippen molar-refractivity contribution in [2.45, 2.75) is 63.1 Å². The molecular formula is C43H47F3N10O7S. The van der Waals surface area contributed by atoms with E-state index in [0.29, 0.717) is 47.0 Å². The van der Waals surface area contributed by atoms with Crippen LogP contribution in [0.25, 0.3) is 21.8 Å². The molecule has 5 aromatic rings. The van der Waals surface area contributed by atoms with Gasteiger partial charge < -0.3 is 19.3 Å². The number of ether oxygens (including phenoxy) is 2. The van der Waals surface area contributed by atoms with Crippen LogP contribution in [0, 0.1) is 22.9 Å². The third-order valence-electron chi connectivity index (χ3n) is 13.9. The van der Waals surface area contributed by atoms with E-state index in [1.54, 1.807) is 29.3 Å². The molecule has 2 aromatic heterocycles. The van der Waals surface area contributed by atoms with Crippen molar-refractivity contribution in [2.24, 2.45) is 12.5 Å². The summed E-state index contributed by atoms with van der Waals surface area (Å²) < 4.78 is 89.3. The third-order valence-corrected chi connectivity index (χ3v) is 15.4. The molecule has 2 N–H and O–H groups in total. The number of aromatic nitrogens is 4. The van der Waals surface area contributed by atoms with Gasteiger partial charge in [-0.25, -0.2) is 22.9 Å². The molecule has 5 aliphatic rings. The van der Waals surface area contributed by atoms with E-state index in [2.05, 4.69) is 29.9 Å². The number of carbonyl (C=O) groups excluding carboxylic acids is 2. The number of imide groups is 1. The Kier molecular flexibility index (Phi) is 10.2. The van der Waals surface area contributed by atoms with Crippen molar-refractivity contribution in [2.75, 3.05) is 67.4 Å². The number of halogens is 3. The standard InChI is InChI=1S/C43H47F3N10O7S/c1-4-51(2)64(60,61)50-33-8-6-30(44)38(37(33)46)63-27-5-7-32-28(15-27)40(58)56(24-47-32)26-20-43(62-21-26)10-13-53(14-11-43)25-18-42(19-25)22-54(23-42)35-17-34-29(16-31(35)45)39(49-52(34)3)55-12-9-36(57)48-41(55)59/h5-8,15-17,24-26,50H,4,9-14,18-23H2,1-3H3,(H,48,57,59)/t26-/m1/s1. The molecule has 0 radical (unpaired) electrons. The predicted octanol–water partition coefficient (Wildman–Crippen LogP) is 5.01. The molecule has 17 nitrogen and oxygen atoms in total. The van der Waals surface area contributed by atoms with Gasteiger partial charge in [0.25, 0.3) is 5.56 Å². The Hall–Kier alpha value is -5.77. The zero-order valence-electron chi connectivity index (χ0n) is 35.4. The Labute approximate surface area is 365 Å². The molecule has 2 spiro atoms. The summed E-state index contributed by atoms with van der Waals surface area (Å²) in [6, 6.07) is 8.97. The van der Waals surface area contributed by atoms with Gasteiger partial charge in [0, 0.05) is 76.6 Å². The minimum absolute atomic E-state index is 0.0366. The summed E-state index contributed by atoms with van der Waals surface area (Å²) in [5.41, 5.74) is 0.459. The predicted molar refractivity (Wildman–Crippen MR) is 230 cm³/mol. The van der Waals surface area contributed by atoms with E-state index >= 15 is 8.78 Å². The van der Waals surface area contributed by atoms with Crippen molar-refractivity contribution in [3.8, 4) is 11.5 Å². The fourth-order valence-electron chi connectivity index (χ4n) is 10.1. The SMILES string of the molecule is CCN(C)S(=O)(=O)Nc1ccc(F)c(Oc2ccc3ncn([C@H]4COC5(CCN(C6CC7(C6)CN(c6cc8c(cc6F)c(N6CCC(=O)NC6=O)nn8C)C7)CC5)C4)c(=O)c3c2)c1F. The van der Waals surface area contributed by atoms with Crippen LogP contribution in [0.15, 0.2) is 53.6 Å². The number of fused-ring (bicyclic) bond motifs is 2. The van der Waals surface area contributed by atoms with Gasteiger partial charge >= 0.3 is 16.2 Å². The summed E-state index contributed by atoms with van der Waals surface area (Å²) >= 11 is 0. The molecule has 3 aromatic carbocycles. The average molecular weight is 905 g/mol. The molecule has 0 bridgehead atoms. The zero-order valence-corrected chi connectivity index (χ0v) is 36.3. The number of urea groups is 1. The highest BCUT2D eigenvalue weighted by atomic mass is 32.2. The summed E-state index contributed by atoms with van der Waals surface area (Å²) in [6.07, 6.45) is 5.93. The highest BCUT2D eigenvalue weighted by molar-refractivity contribution is 7.90. The smallest absolute Gasteiger partial charge is 0.329 e. The van der Waals surface area contributed by atoms with Gasteiger partial charge in [-0.3, -0.25) is 33.8 Å². The first-order valence-corrected chi connectivity index (χ1v) is 22.8. The lowest BCUT2D eigenvalue weighted by Gasteiger charge is -2.62. The van der Waals surface area contributed by atoms with Crippen molar-refractivity contribution in [1.82, 2.24) is 33.9 Å². The van der Waals surface area contributed by atoms with Gasteiger partial charge in [0.2, 0.25) is 11.7 Å². The van der Waals surface area contributed by atoms with Gasteiger partial charge in [-0.2, -0.15) is 17.8 Å². The Bertz CT molecular complexity index is 2910. The number of hydrogen-bond donors (Lipinski definition) is 2. The van der Waals surface area contributed by atoms with E-state index in [1.165, 1.54) is 42.5 Å². The second kappa shape index (κ2) is 15.4. The number of nitrogens with zero attached hydrogens (tertiary/aromatic N) is 8. The fraction of sp³-hybridized carbons (Fsp3) is 0.465. The molecule has 1 atom stereocenters. The molecule has 4 aliphatic heterocycles. The van der Waals surface area contributed by atoms with Gasteiger partial charge in [-0.15, -0.1) is 0 Å². The van der Waals surface area contributed by atoms with Crippen molar-refractivity contribution >= 4 is 61.1 Å². The number of rotatable bonds is 10. The lowest BCUT2D eigenvalue weighted by Crippen LogP contribution is -2.67. The maximum absolute atomic E-state index is 15.7. The van der Waals surface area contributed by atoms with E-state index in [4.69, 9.17) is 9.47 Å². The highest BCUT2D eigenvalue weighted by Gasteiger charge is 2.55. The number of anilines is 3. The van der Waals surface area contributed by atoms with Crippen molar-refractivity contribution in [3.63, 3.8) is 0 Å². The minimum Gasteiger partial charge on any atom is -0.451 e. The Morgan fingerprint density at radius 2 is 1.73 bits per heavy atom. The van der Waals surface area contributed by atoms with Gasteiger partial charge in [-0.1, -0.05) is 6.92 Å². The monoisotopic (exact) mass is 904 g/mol. The maximum atomic E-state index is 15.7. The van der Waals surface area contributed by atoms with E-state index < -0.39 is 39.3 Å². The Balaban J connectivity index is 0.752. The Morgan fingerprint density at radius 1 is 0.969 bits per heavy atom. The second-order valence-electron chi connectivity index (χ2n) is 17.8. The minimum atomic E-state index is -4.10. The number of benzene rings is 3. The molecule has 21 heteroatoms. The van der Waals surface area contributed by atoms with Gasteiger partial charge in [0.15, 0.2) is 17.5 Å². The lowest BCUT2D eigenvalue weighted by atomic mass is 9.59. The molecule has 3 amide bonds. The van der Waals surface area contributed by atoms with Crippen LogP contribution >= 0.6 is 0 Å². The quantitative estimate of drug-likeness (QED) is 0.193. The van der Waals surface area contributed by atoms with Crippen molar-refractivity contribution < 1.29 is 40.7 Å². The molecule has 0 unspecified atom stereocenters. The molecule has 1 saturated carbocycles. The zero-order chi connectivity index (χ0) is 44.9. The summed E-state index contributed by atoms with van der Waals surface area (Å²) in [5.74, 6) is -3.58. The van der Waals surface area contributed by atoms with Gasteiger partial charge in [0.1, 0.15) is 11.6 Å². The number of hydrogen-bond acceptors (Lipinski definition) is 11. The second-order valence-corrected chi connectivity index (χ2v) is 19.6. The summed E-state index contributed by atoms with van der Waals surface area (Å²) in [5, 5.41) is 7.50. The van der Waals surface area contributed by atoms with Gasteiger partial charge in [0.05, 0.1) is 52.4 Å². The van der Waals surface area contributed by atoms with Crippen LogP contribution in [-0.4, -0.2) is 113 Å². The summed E-state index contributed by atoms with van der Waals surface area (Å²) in [4.78, 5) is 48.6. The van der Waals surface area contributed by atoms with Crippen molar-refractivity contribution in [3.05, 3.63) is 76.6 Å². The molecule has 5 fully saturated rings. The first-order chi connectivity index (χ1) is 30.5. The molecule has 1 aliphatic carbocycles. The number of likely N-dealkylation sites (tertiary alicyclic amines) is 1. The normalized spacial score (nSPS) is 21.3. The van der Waals surface area contributed by atoms with E-state index in [-0.39, 0.29) is 65.0 Å². The Morgan fingerprint density at radius 3 is 2.47 bits per heavy atom. The molecular weight excluding hydrogens is 858 g/mol. The number of amides is 3. The van der Waals surface area contributed by atoms with Gasteiger partial charge in [-0.05, 0) is 74.6 Å². The maximum Gasteiger partial charge on any atom is 0.329 e. The van der Waals surface area contributed by atoms with Crippen LogP contribution in [0.3, 0.4) is 0 Å². The molecule has 6 heterocycles. The fourth-order valence-corrected chi connectivity index (χ4v) is 11.1. The largest absolute Gasteiger partial charge is 0.451 e. The first-order valence-electron chi connectivity index (χ1n) is 21.4. The van der Waals surface area contributed by atoms with E-state index in [0.717, 1.165) is 68.3 Å². The van der Waals surface area contributed by atoms with Crippen LogP contribution in [0.5, 0.6) is 11.5 Å². The van der Waals surface area contributed by atoms with Crippen LogP contribution < -0.4 is 30.1 Å². The number of carbonyl (C=O) groups is 2. The van der Waals surface area contributed by atoms with Crippen LogP contribution in [0.2, 0.25) is 0 Å². The third kappa shape index (κ3) is 7.21. The summed E-state index contributed by atoms with van der Waals surface area (Å²) in [6.45, 7) is 5.44. The molecule has 4 saturated heterocycles. The van der Waals surface area contributed by atoms with E-state index in [9.17, 15) is 27.2 Å². The lowest BCUT2D eigenvalue weighted by molar-refractivity contribution is -0.120. The molecule has 338 valence electrons. The number of aryl methyl sites for hydroxylation is 1. The highest BCUT2D eigenvalue weighted by Crippen LogP contribution is 2.53. The first kappa shape index (κ1) is 42.2. The van der Waals surface area contributed by atoms with Crippen LogP contribution in [-0.2, 0) is 26.8 Å². The summed E-state index contributed by atoms with van der Waals surface area (Å²) in [7, 11) is -1.03. The van der Waals surface area contributed by atoms with Crippen molar-refractivity contribution in [1.29, 1.82) is 0 Å². The molecule has 64 heavy (non-hydrogen) atoms. The molecule has 10 rings (SSSR count). The van der Waals surface area contributed by atoms with E-state index in [1.807, 2.05) is 0 Å². The number of piperidine rings is 1. The topological polar surface area (TPSA) is 176 Å².